The van der Waals surface area contributed by atoms with Crippen molar-refractivity contribution in [2.24, 2.45) is 5.92 Å². The summed E-state index contributed by atoms with van der Waals surface area (Å²) in [6, 6.07) is 8.86. The second-order valence-electron chi connectivity index (χ2n) is 8.37. The molecule has 2 heterocycles. The highest BCUT2D eigenvalue weighted by Crippen LogP contribution is 2.31. The summed E-state index contributed by atoms with van der Waals surface area (Å²) in [6.45, 7) is 3.96. The quantitative estimate of drug-likeness (QED) is 0.408. The second-order valence-corrected chi connectivity index (χ2v) is 10.1. The van der Waals surface area contributed by atoms with E-state index in [1.165, 1.54) is 12.1 Å². The highest BCUT2D eigenvalue weighted by Gasteiger charge is 2.27. The predicted molar refractivity (Wildman–Crippen MR) is 120 cm³/mol. The molecule has 0 bridgehead atoms. The van der Waals surface area contributed by atoms with Crippen LogP contribution in [0.1, 0.15) is 51.4 Å². The van der Waals surface area contributed by atoms with Gasteiger partial charge in [0.25, 0.3) is 5.69 Å². The van der Waals surface area contributed by atoms with E-state index in [4.69, 9.17) is 0 Å². The van der Waals surface area contributed by atoms with Gasteiger partial charge < -0.3 is 5.32 Å². The van der Waals surface area contributed by atoms with Crippen LogP contribution in [0, 0.1) is 16.0 Å². The third kappa shape index (κ3) is 4.58. The van der Waals surface area contributed by atoms with Crippen LogP contribution in [-0.4, -0.2) is 34.0 Å². The molecule has 1 aromatic carbocycles. The van der Waals surface area contributed by atoms with Crippen molar-refractivity contribution in [3.63, 3.8) is 0 Å². The van der Waals surface area contributed by atoms with E-state index in [-0.39, 0.29) is 22.3 Å². The number of nitrogens with zero attached hydrogens (tertiary/aromatic N) is 4. The number of nitro groups is 1. The molecule has 0 spiro atoms. The van der Waals surface area contributed by atoms with Gasteiger partial charge in [-0.15, -0.1) is 10.2 Å². The van der Waals surface area contributed by atoms with Crippen LogP contribution in [-0.2, 0) is 10.0 Å². The Morgan fingerprint density at radius 3 is 2.62 bits per heavy atom. The number of anilines is 1. The fourth-order valence-electron chi connectivity index (χ4n) is 4.07. The van der Waals surface area contributed by atoms with Gasteiger partial charge in [-0.3, -0.25) is 14.5 Å². The van der Waals surface area contributed by atoms with Gasteiger partial charge >= 0.3 is 0 Å². The van der Waals surface area contributed by atoms with Gasteiger partial charge in [0.1, 0.15) is 5.69 Å². The van der Waals surface area contributed by atoms with Crippen LogP contribution in [0.3, 0.4) is 0 Å². The van der Waals surface area contributed by atoms with E-state index in [2.05, 4.69) is 27.2 Å². The van der Waals surface area contributed by atoms with Crippen LogP contribution in [0.2, 0.25) is 0 Å². The molecule has 3 aromatic rings. The van der Waals surface area contributed by atoms with Gasteiger partial charge in [-0.05, 0) is 62.8 Å². The molecule has 1 unspecified atom stereocenters. The van der Waals surface area contributed by atoms with Crippen molar-refractivity contribution < 1.29 is 13.3 Å². The van der Waals surface area contributed by atoms with Crippen LogP contribution < -0.4 is 10.0 Å². The molecule has 1 fully saturated rings. The fourth-order valence-corrected chi connectivity index (χ4v) is 5.39. The molecule has 0 radical (unpaired) electrons. The first-order valence-electron chi connectivity index (χ1n) is 10.6. The molecule has 1 saturated carbocycles. The van der Waals surface area contributed by atoms with Gasteiger partial charge in [0, 0.05) is 18.3 Å². The van der Waals surface area contributed by atoms with E-state index < -0.39 is 21.0 Å². The smallest absolute Gasteiger partial charge is 0.293 e. The Morgan fingerprint density at radius 2 is 1.91 bits per heavy atom. The van der Waals surface area contributed by atoms with Gasteiger partial charge in [0.05, 0.1) is 15.9 Å². The summed E-state index contributed by atoms with van der Waals surface area (Å²) < 4.78 is 30.2. The third-order valence-electron chi connectivity index (χ3n) is 5.91. The molecule has 32 heavy (non-hydrogen) atoms. The number of nitrogens with one attached hydrogen (secondary N) is 2. The van der Waals surface area contributed by atoms with E-state index in [1.807, 2.05) is 31.3 Å². The Hall–Kier alpha value is -3.05. The van der Waals surface area contributed by atoms with Crippen molar-refractivity contribution in [2.45, 2.75) is 56.5 Å². The summed E-state index contributed by atoms with van der Waals surface area (Å²) in [4.78, 5) is 11.0. The molecule has 10 nitrogen and oxygen atoms in total. The summed E-state index contributed by atoms with van der Waals surface area (Å²) >= 11 is 0. The van der Waals surface area contributed by atoms with Crippen LogP contribution in [0.25, 0.3) is 5.65 Å². The average Bonchev–Trinajstić information content (AvgIpc) is 3.19. The largest absolute Gasteiger partial charge is 0.370 e. The predicted octanol–water partition coefficient (Wildman–Crippen LogP) is 3.67. The normalized spacial score (nSPS) is 20.2. The standard InChI is InChI=1S/C21H26N6O4S/c1-14-6-8-16(9-7-14)25-32(30,31)17-10-11-18(19(13-17)27(28)29)22-15(2)21-24-23-20-5-3-4-12-26(20)21/h3-5,10-16,22,25H,6-9H2,1-2H3. The maximum atomic E-state index is 12.8. The Bertz CT molecular complexity index is 1230. The molecule has 170 valence electrons. The van der Waals surface area contributed by atoms with Crippen molar-refractivity contribution in [2.75, 3.05) is 5.32 Å². The van der Waals surface area contributed by atoms with Crippen molar-refractivity contribution in [3.05, 3.63) is 58.5 Å². The number of rotatable bonds is 7. The molecular formula is C21H26N6O4S. The Balaban J connectivity index is 1.57. The molecule has 1 aliphatic rings. The lowest BCUT2D eigenvalue weighted by molar-refractivity contribution is -0.384. The van der Waals surface area contributed by atoms with E-state index in [1.54, 1.807) is 4.40 Å². The lowest BCUT2D eigenvalue weighted by Gasteiger charge is -2.26. The topological polar surface area (TPSA) is 132 Å². The van der Waals surface area contributed by atoms with Crippen LogP contribution >= 0.6 is 0 Å². The van der Waals surface area contributed by atoms with E-state index in [9.17, 15) is 18.5 Å². The second kappa shape index (κ2) is 8.83. The Morgan fingerprint density at radius 1 is 1.16 bits per heavy atom. The van der Waals surface area contributed by atoms with Crippen LogP contribution in [0.15, 0.2) is 47.5 Å². The number of fused-ring (bicyclic) bond motifs is 1. The van der Waals surface area contributed by atoms with Gasteiger partial charge in [-0.25, -0.2) is 13.1 Å². The molecule has 2 N–H and O–H groups in total. The van der Waals surface area contributed by atoms with Gasteiger partial charge in [-0.1, -0.05) is 13.0 Å². The van der Waals surface area contributed by atoms with Crippen molar-refractivity contribution in [1.82, 2.24) is 19.3 Å². The highest BCUT2D eigenvalue weighted by molar-refractivity contribution is 7.89. The zero-order valence-corrected chi connectivity index (χ0v) is 18.7. The summed E-state index contributed by atoms with van der Waals surface area (Å²) in [6.07, 6.45) is 5.28. The van der Waals surface area contributed by atoms with Crippen molar-refractivity contribution in [1.29, 1.82) is 0 Å². The minimum absolute atomic E-state index is 0.117. The first kappa shape index (κ1) is 22.2. The summed E-state index contributed by atoms with van der Waals surface area (Å²) in [5.41, 5.74) is 0.557. The SMILES string of the molecule is CC1CCC(NS(=O)(=O)c2ccc(NC(C)c3nnc4ccccn34)c([N+](=O)[O-])c2)CC1. The van der Waals surface area contributed by atoms with Crippen molar-refractivity contribution >= 4 is 27.0 Å². The van der Waals surface area contributed by atoms with Gasteiger partial charge in [0.2, 0.25) is 10.0 Å². The van der Waals surface area contributed by atoms with Crippen molar-refractivity contribution in [3.8, 4) is 0 Å². The molecule has 0 saturated heterocycles. The Kier molecular flexibility index (Phi) is 6.11. The number of sulfonamides is 1. The maximum absolute atomic E-state index is 12.8. The van der Waals surface area contributed by atoms with Gasteiger partial charge in [-0.2, -0.15) is 0 Å². The molecule has 1 aliphatic carbocycles. The number of nitro benzene ring substituents is 1. The summed E-state index contributed by atoms with van der Waals surface area (Å²) in [5, 5.41) is 23.1. The maximum Gasteiger partial charge on any atom is 0.293 e. The van der Waals surface area contributed by atoms with E-state index in [0.717, 1.165) is 31.7 Å². The number of pyridine rings is 1. The van der Waals surface area contributed by atoms with E-state index >= 15 is 0 Å². The zero-order chi connectivity index (χ0) is 22.9. The zero-order valence-electron chi connectivity index (χ0n) is 17.9. The fraction of sp³-hybridized carbons (Fsp3) is 0.429. The first-order chi connectivity index (χ1) is 15.2. The molecule has 0 amide bonds. The third-order valence-corrected chi connectivity index (χ3v) is 7.43. The lowest BCUT2D eigenvalue weighted by atomic mass is 9.88. The molecule has 2 aromatic heterocycles. The molecular weight excluding hydrogens is 432 g/mol. The summed E-state index contributed by atoms with van der Waals surface area (Å²) in [7, 11) is -3.86. The Labute approximate surface area is 186 Å². The number of hydrogen-bond acceptors (Lipinski definition) is 7. The number of benzene rings is 1. The minimum Gasteiger partial charge on any atom is -0.370 e. The highest BCUT2D eigenvalue weighted by atomic mass is 32.2. The summed E-state index contributed by atoms with van der Waals surface area (Å²) in [5.74, 6) is 1.17. The molecule has 4 rings (SSSR count). The average molecular weight is 459 g/mol. The van der Waals surface area contributed by atoms with Crippen LogP contribution in [0.4, 0.5) is 11.4 Å². The van der Waals surface area contributed by atoms with Crippen LogP contribution in [0.5, 0.6) is 0 Å². The van der Waals surface area contributed by atoms with E-state index in [0.29, 0.717) is 17.4 Å². The number of hydrogen-bond donors (Lipinski definition) is 2. The monoisotopic (exact) mass is 458 g/mol. The number of aromatic nitrogens is 3. The molecule has 1 atom stereocenters. The lowest BCUT2D eigenvalue weighted by Crippen LogP contribution is -2.37. The molecule has 11 heteroatoms. The first-order valence-corrected chi connectivity index (χ1v) is 12.1. The van der Waals surface area contributed by atoms with Gasteiger partial charge in [0.15, 0.2) is 11.5 Å². The molecule has 0 aliphatic heterocycles. The minimum atomic E-state index is -3.86.